The fourth-order valence-electron chi connectivity index (χ4n) is 3.31. The maximum Gasteiger partial charge on any atom is 0.290 e. The molecule has 0 fully saturated rings. The molecule has 28 heavy (non-hydrogen) atoms. The first kappa shape index (κ1) is 19.6. The van der Waals surface area contributed by atoms with Crippen LogP contribution in [0.4, 0.5) is 0 Å². The number of aromatic amines is 1. The maximum atomic E-state index is 12.8. The highest BCUT2D eigenvalue weighted by molar-refractivity contribution is 5.98. The zero-order valence-electron chi connectivity index (χ0n) is 16.0. The van der Waals surface area contributed by atoms with Crippen LogP contribution in [0.15, 0.2) is 34.9 Å². The van der Waals surface area contributed by atoms with Crippen LogP contribution in [-0.2, 0) is 24.4 Å². The van der Waals surface area contributed by atoms with Gasteiger partial charge in [0.05, 0.1) is 19.6 Å². The van der Waals surface area contributed by atoms with E-state index in [1.165, 1.54) is 0 Å². The molecular weight excluding hydrogens is 360 g/mol. The Bertz CT molecular complexity index is 935. The molecule has 0 aliphatic carbocycles. The van der Waals surface area contributed by atoms with E-state index in [0.29, 0.717) is 18.7 Å². The van der Waals surface area contributed by atoms with Crippen LogP contribution in [0, 0.1) is 0 Å². The average molecular weight is 384 g/mol. The minimum atomic E-state index is -0.250. The highest BCUT2D eigenvalue weighted by Gasteiger charge is 2.29. The van der Waals surface area contributed by atoms with Crippen LogP contribution in [0.2, 0.25) is 0 Å². The normalized spacial score (nSPS) is 12.8. The highest BCUT2D eigenvalue weighted by Crippen LogP contribution is 2.26. The summed E-state index contributed by atoms with van der Waals surface area (Å²) in [5.74, 6) is 1.58. The van der Waals surface area contributed by atoms with E-state index >= 15 is 0 Å². The molecule has 0 radical (unpaired) electrons. The number of rotatable bonds is 5. The summed E-state index contributed by atoms with van der Waals surface area (Å²) in [4.78, 5) is 32.9. The van der Waals surface area contributed by atoms with E-state index in [0.717, 1.165) is 47.9 Å². The molecule has 8 heteroatoms. The summed E-state index contributed by atoms with van der Waals surface area (Å²) < 4.78 is 5.88. The molecule has 2 N–H and O–H groups in total. The second-order valence-corrected chi connectivity index (χ2v) is 6.49. The number of amides is 1. The summed E-state index contributed by atoms with van der Waals surface area (Å²) in [5, 5.41) is 7.93. The fraction of sp³-hybridized carbons (Fsp3) is 0.350. The smallest absolute Gasteiger partial charge is 0.290 e. The summed E-state index contributed by atoms with van der Waals surface area (Å²) in [7, 11) is 0. The van der Waals surface area contributed by atoms with Crippen LogP contribution in [0.3, 0.4) is 0 Å². The lowest BCUT2D eigenvalue weighted by molar-refractivity contribution is -0.122. The number of carboxylic acid groups (broad SMARTS) is 1. The van der Waals surface area contributed by atoms with Gasteiger partial charge in [0.2, 0.25) is 5.89 Å². The number of hydrogen-bond donors (Lipinski definition) is 2. The molecule has 0 saturated carbocycles. The first-order valence-corrected chi connectivity index (χ1v) is 9.23. The Morgan fingerprint density at radius 1 is 1.32 bits per heavy atom. The van der Waals surface area contributed by atoms with Crippen molar-refractivity contribution < 1.29 is 19.1 Å². The van der Waals surface area contributed by atoms with Gasteiger partial charge in [0.25, 0.3) is 12.4 Å². The predicted molar refractivity (Wildman–Crippen MR) is 104 cm³/mol. The van der Waals surface area contributed by atoms with E-state index < -0.39 is 0 Å². The molecule has 0 atom stereocenters. The molecule has 1 aromatic carbocycles. The van der Waals surface area contributed by atoms with Gasteiger partial charge in [-0.25, -0.2) is 4.98 Å². The van der Waals surface area contributed by atoms with Gasteiger partial charge in [0, 0.05) is 22.7 Å². The van der Waals surface area contributed by atoms with Gasteiger partial charge in [0.15, 0.2) is 0 Å². The SMILES string of the molecule is CCN(CC)Cc1nc2c(o1)CN(C(=O)c1ccc3[nH]ccc3c1)C2.O=CO. The molecule has 2 aromatic heterocycles. The molecule has 148 valence electrons. The second kappa shape index (κ2) is 8.71. The number of benzene rings is 1. The summed E-state index contributed by atoms with van der Waals surface area (Å²) in [6.45, 7) is 7.67. The Labute approximate surface area is 162 Å². The number of H-pyrrole nitrogens is 1. The lowest BCUT2D eigenvalue weighted by Crippen LogP contribution is -2.26. The molecule has 3 heterocycles. The van der Waals surface area contributed by atoms with Gasteiger partial charge in [-0.2, -0.15) is 0 Å². The molecule has 0 bridgehead atoms. The Hall–Kier alpha value is -3.13. The van der Waals surface area contributed by atoms with Crippen molar-refractivity contribution in [3.8, 4) is 0 Å². The zero-order valence-corrected chi connectivity index (χ0v) is 16.0. The number of fused-ring (bicyclic) bond motifs is 2. The molecule has 4 rings (SSSR count). The Kier molecular flexibility index (Phi) is 6.10. The lowest BCUT2D eigenvalue weighted by atomic mass is 10.1. The Morgan fingerprint density at radius 3 is 2.75 bits per heavy atom. The van der Waals surface area contributed by atoms with E-state index in [1.807, 2.05) is 30.5 Å². The molecular formula is C20H24N4O4. The van der Waals surface area contributed by atoms with E-state index in [9.17, 15) is 4.79 Å². The van der Waals surface area contributed by atoms with Gasteiger partial charge in [-0.15, -0.1) is 0 Å². The van der Waals surface area contributed by atoms with Gasteiger partial charge in [-0.1, -0.05) is 13.8 Å². The molecule has 0 saturated heterocycles. The topological polar surface area (TPSA) is 103 Å². The van der Waals surface area contributed by atoms with E-state index in [1.54, 1.807) is 4.90 Å². The van der Waals surface area contributed by atoms with Crippen molar-refractivity contribution in [3.63, 3.8) is 0 Å². The zero-order chi connectivity index (χ0) is 20.1. The third-order valence-corrected chi connectivity index (χ3v) is 4.84. The molecule has 0 spiro atoms. The fourth-order valence-corrected chi connectivity index (χ4v) is 3.31. The van der Waals surface area contributed by atoms with Crippen LogP contribution in [-0.4, -0.2) is 50.3 Å². The van der Waals surface area contributed by atoms with Gasteiger partial charge in [-0.05, 0) is 37.4 Å². The Morgan fingerprint density at radius 2 is 2.07 bits per heavy atom. The third kappa shape index (κ3) is 4.07. The summed E-state index contributed by atoms with van der Waals surface area (Å²) in [5.41, 5.74) is 2.62. The minimum Gasteiger partial charge on any atom is -0.483 e. The average Bonchev–Trinajstić information content (AvgIpc) is 3.39. The highest BCUT2D eigenvalue weighted by atomic mass is 16.4. The van der Waals surface area contributed by atoms with Crippen molar-refractivity contribution in [2.75, 3.05) is 13.1 Å². The number of oxazole rings is 1. The minimum absolute atomic E-state index is 0.0154. The quantitative estimate of drug-likeness (QED) is 0.656. The maximum absolute atomic E-state index is 12.8. The van der Waals surface area contributed by atoms with Crippen LogP contribution < -0.4 is 0 Å². The summed E-state index contributed by atoms with van der Waals surface area (Å²) >= 11 is 0. The van der Waals surface area contributed by atoms with Crippen molar-refractivity contribution in [2.24, 2.45) is 0 Å². The molecule has 1 aliphatic heterocycles. The number of nitrogens with zero attached hydrogens (tertiary/aromatic N) is 3. The number of carbonyl (C=O) groups is 2. The molecule has 1 amide bonds. The van der Waals surface area contributed by atoms with Crippen LogP contribution in [0.1, 0.15) is 41.6 Å². The van der Waals surface area contributed by atoms with Gasteiger partial charge in [0.1, 0.15) is 11.5 Å². The number of nitrogens with one attached hydrogen (secondary N) is 1. The largest absolute Gasteiger partial charge is 0.483 e. The van der Waals surface area contributed by atoms with Gasteiger partial charge in [-0.3, -0.25) is 14.5 Å². The van der Waals surface area contributed by atoms with E-state index in [-0.39, 0.29) is 12.4 Å². The first-order chi connectivity index (χ1) is 13.6. The van der Waals surface area contributed by atoms with Crippen molar-refractivity contribution >= 4 is 23.3 Å². The number of carbonyl (C=O) groups excluding carboxylic acids is 1. The van der Waals surface area contributed by atoms with Crippen LogP contribution in [0.25, 0.3) is 10.9 Å². The first-order valence-electron chi connectivity index (χ1n) is 9.23. The molecule has 0 unspecified atom stereocenters. The molecule has 1 aliphatic rings. The van der Waals surface area contributed by atoms with Crippen LogP contribution >= 0.6 is 0 Å². The standard InChI is InChI=1S/C19H22N4O2.CH2O2/c1-3-22(4-2)12-18-21-16-10-23(11-17(16)25-18)19(24)14-5-6-15-13(9-14)7-8-20-15;2-1-3/h5-9,20H,3-4,10-12H2,1-2H3;1H,(H,2,3). The number of hydrogen-bond acceptors (Lipinski definition) is 5. The van der Waals surface area contributed by atoms with Crippen molar-refractivity contribution in [2.45, 2.75) is 33.5 Å². The van der Waals surface area contributed by atoms with Crippen molar-refractivity contribution in [1.82, 2.24) is 19.8 Å². The monoisotopic (exact) mass is 384 g/mol. The summed E-state index contributed by atoms with van der Waals surface area (Å²) in [6.07, 6.45) is 1.88. The van der Waals surface area contributed by atoms with Gasteiger partial charge < -0.3 is 19.4 Å². The molecule has 8 nitrogen and oxygen atoms in total. The predicted octanol–water partition coefficient (Wildman–Crippen LogP) is 2.85. The number of aromatic nitrogens is 2. The molecule has 3 aromatic rings. The van der Waals surface area contributed by atoms with Crippen molar-refractivity contribution in [1.29, 1.82) is 0 Å². The van der Waals surface area contributed by atoms with E-state index in [2.05, 4.69) is 28.7 Å². The van der Waals surface area contributed by atoms with Gasteiger partial charge >= 0.3 is 0 Å². The van der Waals surface area contributed by atoms with E-state index in [4.69, 9.17) is 14.3 Å². The third-order valence-electron chi connectivity index (χ3n) is 4.84. The van der Waals surface area contributed by atoms with Crippen LogP contribution in [0.5, 0.6) is 0 Å². The lowest BCUT2D eigenvalue weighted by Gasteiger charge is -2.17. The Balaban J connectivity index is 0.000000706. The second-order valence-electron chi connectivity index (χ2n) is 6.49. The van der Waals surface area contributed by atoms with Crippen molar-refractivity contribution in [3.05, 3.63) is 53.4 Å². The summed E-state index contributed by atoms with van der Waals surface area (Å²) in [6, 6.07) is 7.70.